The molecule has 1 heterocycles. The Kier molecular flexibility index (Phi) is 7.62. The van der Waals surface area contributed by atoms with Gasteiger partial charge in [-0.1, -0.05) is 35.9 Å². The van der Waals surface area contributed by atoms with Crippen LogP contribution in [0, 0.1) is 26.7 Å². The van der Waals surface area contributed by atoms with Gasteiger partial charge in [-0.3, -0.25) is 4.79 Å². The average molecular weight is 459 g/mol. The van der Waals surface area contributed by atoms with Crippen LogP contribution in [0.4, 0.5) is 5.69 Å². The lowest BCUT2D eigenvalue weighted by molar-refractivity contribution is -0.120. The van der Waals surface area contributed by atoms with Crippen molar-refractivity contribution in [2.24, 2.45) is 5.92 Å². The van der Waals surface area contributed by atoms with Gasteiger partial charge in [-0.15, -0.1) is 18.3 Å². The number of carbonyl (C=O) groups excluding carboxylic acids is 1. The van der Waals surface area contributed by atoms with E-state index in [9.17, 15) is 13.2 Å². The maximum Gasteiger partial charge on any atom is 0.243 e. The summed E-state index contributed by atoms with van der Waals surface area (Å²) in [5.41, 5.74) is 3.38. The Morgan fingerprint density at radius 3 is 2.39 bits per heavy atom. The van der Waals surface area contributed by atoms with Crippen molar-refractivity contribution in [1.82, 2.24) is 4.31 Å². The molecule has 1 aliphatic heterocycles. The molecule has 31 heavy (non-hydrogen) atoms. The molecule has 5 nitrogen and oxygen atoms in total. The van der Waals surface area contributed by atoms with E-state index in [-0.39, 0.29) is 11.8 Å². The number of nitrogens with zero attached hydrogens (tertiary/aromatic N) is 1. The van der Waals surface area contributed by atoms with Gasteiger partial charge < -0.3 is 5.32 Å². The first kappa shape index (κ1) is 23.6. The van der Waals surface area contributed by atoms with E-state index in [4.69, 9.17) is 0 Å². The molecule has 0 bridgehead atoms. The number of hydrogen-bond donors (Lipinski definition) is 1. The fourth-order valence-corrected chi connectivity index (χ4v) is 6.77. The first-order valence-electron chi connectivity index (χ1n) is 10.5. The number of sulfonamides is 1. The third kappa shape index (κ3) is 5.40. The molecular formula is C24H30N2O3S2. The van der Waals surface area contributed by atoms with Gasteiger partial charge in [0.25, 0.3) is 0 Å². The van der Waals surface area contributed by atoms with Crippen LogP contribution < -0.4 is 5.32 Å². The molecule has 0 aliphatic carbocycles. The molecule has 1 aliphatic rings. The van der Waals surface area contributed by atoms with E-state index in [1.807, 2.05) is 63.2 Å². The molecule has 0 unspecified atom stereocenters. The van der Waals surface area contributed by atoms with E-state index in [2.05, 4.69) is 11.9 Å². The molecule has 0 radical (unpaired) electrons. The van der Waals surface area contributed by atoms with Gasteiger partial charge >= 0.3 is 0 Å². The van der Waals surface area contributed by atoms with Crippen molar-refractivity contribution in [1.29, 1.82) is 0 Å². The zero-order valence-corrected chi connectivity index (χ0v) is 20.0. The van der Waals surface area contributed by atoms with Crippen LogP contribution in [0.2, 0.25) is 0 Å². The molecular weight excluding hydrogens is 428 g/mol. The van der Waals surface area contributed by atoms with Gasteiger partial charge in [-0.25, -0.2) is 8.42 Å². The number of aryl methyl sites for hydroxylation is 3. The smallest absolute Gasteiger partial charge is 0.243 e. The first-order valence-corrected chi connectivity index (χ1v) is 12.9. The Morgan fingerprint density at radius 1 is 1.16 bits per heavy atom. The van der Waals surface area contributed by atoms with Crippen molar-refractivity contribution in [3.63, 3.8) is 0 Å². The summed E-state index contributed by atoms with van der Waals surface area (Å²) < 4.78 is 28.1. The summed E-state index contributed by atoms with van der Waals surface area (Å²) in [6.45, 7) is 10.1. The average Bonchev–Trinajstić information content (AvgIpc) is 2.72. The molecule has 1 N–H and O–H groups in total. The highest BCUT2D eigenvalue weighted by molar-refractivity contribution is 7.99. The zero-order chi connectivity index (χ0) is 22.6. The zero-order valence-electron chi connectivity index (χ0n) is 18.3. The van der Waals surface area contributed by atoms with Crippen LogP contribution in [0.1, 0.15) is 29.5 Å². The molecule has 7 heteroatoms. The quantitative estimate of drug-likeness (QED) is 0.472. The highest BCUT2D eigenvalue weighted by Gasteiger charge is 2.33. The molecule has 0 atom stereocenters. The Bertz CT molecular complexity index is 1050. The maximum atomic E-state index is 13.3. The second-order valence-electron chi connectivity index (χ2n) is 7.99. The summed E-state index contributed by atoms with van der Waals surface area (Å²) in [6, 6.07) is 11.5. The third-order valence-electron chi connectivity index (χ3n) is 5.53. The van der Waals surface area contributed by atoms with Crippen molar-refractivity contribution < 1.29 is 13.2 Å². The standard InChI is InChI=1S/C24H30N2O3S2/c1-5-14-30-22-9-7-6-8-21(22)25-24(27)20-10-12-26(13-11-20)31(28,29)23-18(3)15-17(2)16-19(23)4/h5-9,15-16,20H,1,10-14H2,2-4H3,(H,25,27). The summed E-state index contributed by atoms with van der Waals surface area (Å²) in [4.78, 5) is 14.3. The minimum absolute atomic E-state index is 0.0496. The second kappa shape index (κ2) is 10.0. The minimum Gasteiger partial charge on any atom is -0.325 e. The minimum atomic E-state index is -3.58. The van der Waals surface area contributed by atoms with Gasteiger partial charge in [0.2, 0.25) is 15.9 Å². The summed E-state index contributed by atoms with van der Waals surface area (Å²) in [6.07, 6.45) is 2.85. The largest absolute Gasteiger partial charge is 0.325 e. The molecule has 1 fully saturated rings. The summed E-state index contributed by atoms with van der Waals surface area (Å²) in [5.74, 6) is 0.511. The Morgan fingerprint density at radius 2 is 1.77 bits per heavy atom. The lowest BCUT2D eigenvalue weighted by Gasteiger charge is -2.31. The van der Waals surface area contributed by atoms with Crippen LogP contribution in [0.5, 0.6) is 0 Å². The molecule has 0 spiro atoms. The van der Waals surface area contributed by atoms with Gasteiger partial charge in [0.1, 0.15) is 0 Å². The molecule has 1 saturated heterocycles. The van der Waals surface area contributed by atoms with Crippen LogP contribution in [0.15, 0.2) is 58.8 Å². The first-order chi connectivity index (χ1) is 14.7. The third-order valence-corrected chi connectivity index (χ3v) is 8.80. The van der Waals surface area contributed by atoms with Gasteiger partial charge in [0.05, 0.1) is 10.6 Å². The molecule has 3 rings (SSSR count). The van der Waals surface area contributed by atoms with E-state index in [1.54, 1.807) is 11.8 Å². The number of anilines is 1. The predicted molar refractivity (Wildman–Crippen MR) is 128 cm³/mol. The van der Waals surface area contributed by atoms with Crippen molar-refractivity contribution in [3.05, 3.63) is 65.7 Å². The van der Waals surface area contributed by atoms with Crippen molar-refractivity contribution in [2.75, 3.05) is 24.2 Å². The molecule has 2 aromatic rings. The number of nitrogens with one attached hydrogen (secondary N) is 1. The molecule has 166 valence electrons. The summed E-state index contributed by atoms with van der Waals surface area (Å²) in [5, 5.41) is 3.04. The van der Waals surface area contributed by atoms with Crippen molar-refractivity contribution in [3.8, 4) is 0 Å². The lowest BCUT2D eigenvalue weighted by atomic mass is 9.97. The normalized spacial score (nSPS) is 15.6. The number of piperidine rings is 1. The molecule has 1 amide bonds. The van der Waals surface area contributed by atoms with Gasteiger partial charge in [0, 0.05) is 29.7 Å². The van der Waals surface area contributed by atoms with E-state index < -0.39 is 10.0 Å². The number of carbonyl (C=O) groups is 1. The fraction of sp³-hybridized carbons (Fsp3) is 0.375. The van der Waals surface area contributed by atoms with E-state index in [1.165, 1.54) is 4.31 Å². The Labute approximate surface area is 190 Å². The SMILES string of the molecule is C=CCSc1ccccc1NC(=O)C1CCN(S(=O)(=O)c2c(C)cc(C)cc2C)CC1. The predicted octanol–water partition coefficient (Wildman–Crippen LogP) is 4.93. The van der Waals surface area contributed by atoms with E-state index in [0.717, 1.165) is 33.0 Å². The van der Waals surface area contributed by atoms with E-state index >= 15 is 0 Å². The number of para-hydroxylation sites is 1. The van der Waals surface area contributed by atoms with Gasteiger partial charge in [-0.2, -0.15) is 4.31 Å². The summed E-state index contributed by atoms with van der Waals surface area (Å²) in [7, 11) is -3.58. The van der Waals surface area contributed by atoms with Crippen molar-refractivity contribution >= 4 is 33.4 Å². The maximum absolute atomic E-state index is 13.3. The number of thioether (sulfide) groups is 1. The van der Waals surface area contributed by atoms with Crippen LogP contribution in [-0.4, -0.2) is 37.5 Å². The Balaban J connectivity index is 1.67. The van der Waals surface area contributed by atoms with Crippen LogP contribution in [0.25, 0.3) is 0 Å². The topological polar surface area (TPSA) is 66.5 Å². The molecule has 0 aromatic heterocycles. The number of benzene rings is 2. The van der Waals surface area contributed by atoms with Crippen LogP contribution in [-0.2, 0) is 14.8 Å². The second-order valence-corrected chi connectivity index (χ2v) is 10.9. The highest BCUT2D eigenvalue weighted by Crippen LogP contribution is 2.31. The van der Waals surface area contributed by atoms with E-state index in [0.29, 0.717) is 30.8 Å². The highest BCUT2D eigenvalue weighted by atomic mass is 32.2. The Hall–Kier alpha value is -2.09. The van der Waals surface area contributed by atoms with Crippen LogP contribution in [0.3, 0.4) is 0 Å². The van der Waals surface area contributed by atoms with Gasteiger partial charge in [-0.05, 0) is 56.9 Å². The molecule has 0 saturated carbocycles. The fourth-order valence-electron chi connectivity index (χ4n) is 4.14. The number of amides is 1. The molecule has 2 aromatic carbocycles. The lowest BCUT2D eigenvalue weighted by Crippen LogP contribution is -2.41. The number of rotatable bonds is 7. The number of hydrogen-bond acceptors (Lipinski definition) is 4. The van der Waals surface area contributed by atoms with Gasteiger partial charge in [0.15, 0.2) is 0 Å². The summed E-state index contributed by atoms with van der Waals surface area (Å²) >= 11 is 1.62. The van der Waals surface area contributed by atoms with Crippen LogP contribution >= 0.6 is 11.8 Å². The van der Waals surface area contributed by atoms with Crippen molar-refractivity contribution in [2.45, 2.75) is 43.4 Å². The monoisotopic (exact) mass is 458 g/mol.